The molecule has 3 unspecified atom stereocenters. The molecule has 0 aromatic heterocycles. The highest BCUT2D eigenvalue weighted by atomic mass is 15.2. The van der Waals surface area contributed by atoms with Crippen LogP contribution in [0.1, 0.15) is 72.1 Å². The first-order valence-electron chi connectivity index (χ1n) is 9.09. The first-order chi connectivity index (χ1) is 9.68. The number of likely N-dealkylation sites (tertiary alicyclic amines) is 1. The molecule has 118 valence electrons. The van der Waals surface area contributed by atoms with Crippen molar-refractivity contribution in [3.05, 3.63) is 0 Å². The second-order valence-corrected chi connectivity index (χ2v) is 7.29. The summed E-state index contributed by atoms with van der Waals surface area (Å²) in [7, 11) is 2.16. The van der Waals surface area contributed by atoms with Gasteiger partial charge in [0.1, 0.15) is 0 Å². The van der Waals surface area contributed by atoms with Gasteiger partial charge in [0.25, 0.3) is 0 Å². The fraction of sp³-hybridized carbons (Fsp3) is 1.00. The monoisotopic (exact) mass is 280 g/mol. The van der Waals surface area contributed by atoms with Crippen molar-refractivity contribution in [2.75, 3.05) is 20.1 Å². The zero-order valence-electron chi connectivity index (χ0n) is 14.3. The lowest BCUT2D eigenvalue weighted by molar-refractivity contribution is 0.0297. The summed E-state index contributed by atoms with van der Waals surface area (Å²) in [5, 5.41) is 3.60. The van der Waals surface area contributed by atoms with Gasteiger partial charge >= 0.3 is 0 Å². The molecule has 2 heteroatoms. The van der Waals surface area contributed by atoms with E-state index in [0.29, 0.717) is 5.41 Å². The van der Waals surface area contributed by atoms with Crippen molar-refractivity contribution in [1.29, 1.82) is 0 Å². The Balaban J connectivity index is 1.96. The molecule has 0 bridgehead atoms. The van der Waals surface area contributed by atoms with Crippen molar-refractivity contribution in [3.8, 4) is 0 Å². The van der Waals surface area contributed by atoms with Gasteiger partial charge in [0.2, 0.25) is 0 Å². The number of piperidine rings is 1. The van der Waals surface area contributed by atoms with Gasteiger partial charge in [-0.2, -0.15) is 0 Å². The molecular formula is C18H36N2. The second-order valence-electron chi connectivity index (χ2n) is 7.29. The highest BCUT2D eigenvalue weighted by Crippen LogP contribution is 2.40. The molecule has 0 spiro atoms. The van der Waals surface area contributed by atoms with Crippen LogP contribution < -0.4 is 5.32 Å². The molecule has 0 radical (unpaired) electrons. The van der Waals surface area contributed by atoms with Gasteiger partial charge in [0.15, 0.2) is 0 Å². The van der Waals surface area contributed by atoms with Crippen molar-refractivity contribution < 1.29 is 0 Å². The van der Waals surface area contributed by atoms with Crippen molar-refractivity contribution in [1.82, 2.24) is 10.2 Å². The number of rotatable bonds is 5. The van der Waals surface area contributed by atoms with E-state index in [4.69, 9.17) is 0 Å². The molecule has 2 fully saturated rings. The fourth-order valence-corrected chi connectivity index (χ4v) is 4.63. The maximum atomic E-state index is 3.60. The van der Waals surface area contributed by atoms with E-state index in [-0.39, 0.29) is 0 Å². The average molecular weight is 280 g/mol. The van der Waals surface area contributed by atoms with Crippen LogP contribution in [0.25, 0.3) is 0 Å². The Morgan fingerprint density at radius 1 is 1.05 bits per heavy atom. The maximum Gasteiger partial charge on any atom is 0.0251 e. The minimum absolute atomic E-state index is 0.657. The maximum absolute atomic E-state index is 3.60. The molecule has 3 atom stereocenters. The van der Waals surface area contributed by atoms with E-state index in [2.05, 4.69) is 38.0 Å². The minimum atomic E-state index is 0.657. The highest BCUT2D eigenvalue weighted by Gasteiger charge is 2.38. The third-order valence-electron chi connectivity index (χ3n) is 6.70. The molecule has 0 aromatic rings. The highest BCUT2D eigenvalue weighted by molar-refractivity contribution is 4.94. The quantitative estimate of drug-likeness (QED) is 0.817. The van der Waals surface area contributed by atoms with Crippen LogP contribution >= 0.6 is 0 Å². The Labute approximate surface area is 126 Å². The van der Waals surface area contributed by atoms with E-state index in [1.165, 1.54) is 64.5 Å². The van der Waals surface area contributed by atoms with Gasteiger partial charge in [-0.05, 0) is 63.6 Å². The van der Waals surface area contributed by atoms with Crippen molar-refractivity contribution >= 4 is 0 Å². The van der Waals surface area contributed by atoms with Crippen LogP contribution in [-0.2, 0) is 0 Å². The van der Waals surface area contributed by atoms with Gasteiger partial charge in [0, 0.05) is 12.1 Å². The number of nitrogens with one attached hydrogen (secondary N) is 1. The SMILES string of the molecule is CCC1CCC(NC)C(N2CCC(CC)(CC)CC2)C1. The lowest BCUT2D eigenvalue weighted by Crippen LogP contribution is -2.55. The van der Waals surface area contributed by atoms with Crippen molar-refractivity contribution in [2.45, 2.75) is 84.2 Å². The molecular weight excluding hydrogens is 244 g/mol. The van der Waals surface area contributed by atoms with E-state index in [1.807, 2.05) is 0 Å². The van der Waals surface area contributed by atoms with Crippen LogP contribution in [0.2, 0.25) is 0 Å². The molecule has 2 rings (SSSR count). The molecule has 1 aliphatic heterocycles. The van der Waals surface area contributed by atoms with Crippen molar-refractivity contribution in [2.24, 2.45) is 11.3 Å². The topological polar surface area (TPSA) is 15.3 Å². The Morgan fingerprint density at radius 3 is 2.20 bits per heavy atom. The van der Waals surface area contributed by atoms with Crippen LogP contribution in [0.3, 0.4) is 0 Å². The molecule has 20 heavy (non-hydrogen) atoms. The fourth-order valence-electron chi connectivity index (χ4n) is 4.63. The van der Waals surface area contributed by atoms with Crippen LogP contribution in [-0.4, -0.2) is 37.1 Å². The summed E-state index contributed by atoms with van der Waals surface area (Å²) >= 11 is 0. The summed E-state index contributed by atoms with van der Waals surface area (Å²) in [6, 6.07) is 1.53. The average Bonchev–Trinajstić information content (AvgIpc) is 2.54. The predicted octanol–water partition coefficient (Wildman–Crippen LogP) is 4.06. The van der Waals surface area contributed by atoms with Gasteiger partial charge in [-0.3, -0.25) is 4.90 Å². The minimum Gasteiger partial charge on any atom is -0.315 e. The zero-order chi connectivity index (χ0) is 14.6. The van der Waals surface area contributed by atoms with Gasteiger partial charge in [0.05, 0.1) is 0 Å². The van der Waals surface area contributed by atoms with Gasteiger partial charge < -0.3 is 5.32 Å². The summed E-state index contributed by atoms with van der Waals surface area (Å²) in [5.41, 5.74) is 0.657. The number of hydrogen-bond acceptors (Lipinski definition) is 2. The molecule has 1 saturated carbocycles. The normalized spacial score (nSPS) is 35.1. The van der Waals surface area contributed by atoms with E-state index in [9.17, 15) is 0 Å². The van der Waals surface area contributed by atoms with Crippen LogP contribution in [0.4, 0.5) is 0 Å². The van der Waals surface area contributed by atoms with E-state index < -0.39 is 0 Å². The third-order valence-corrected chi connectivity index (χ3v) is 6.70. The summed E-state index contributed by atoms with van der Waals surface area (Å²) in [6.45, 7) is 9.82. The Bertz CT molecular complexity index is 275. The third kappa shape index (κ3) is 3.39. The molecule has 2 nitrogen and oxygen atoms in total. The van der Waals surface area contributed by atoms with Gasteiger partial charge in [-0.25, -0.2) is 0 Å². The smallest absolute Gasteiger partial charge is 0.0251 e. The second kappa shape index (κ2) is 7.26. The van der Waals surface area contributed by atoms with E-state index in [1.54, 1.807) is 0 Å². The molecule has 1 N–H and O–H groups in total. The first-order valence-corrected chi connectivity index (χ1v) is 9.09. The van der Waals surface area contributed by atoms with Crippen LogP contribution in [0.5, 0.6) is 0 Å². The Hall–Kier alpha value is -0.0800. The Kier molecular flexibility index (Phi) is 5.92. The molecule has 1 saturated heterocycles. The summed E-state index contributed by atoms with van der Waals surface area (Å²) in [5.74, 6) is 0.966. The number of likely N-dealkylation sites (N-methyl/N-ethyl adjacent to an activating group) is 1. The first kappa shape index (κ1) is 16.3. The summed E-state index contributed by atoms with van der Waals surface area (Å²) in [4.78, 5) is 2.83. The van der Waals surface area contributed by atoms with Crippen LogP contribution in [0.15, 0.2) is 0 Å². The molecule has 0 amide bonds. The van der Waals surface area contributed by atoms with E-state index in [0.717, 1.165) is 18.0 Å². The largest absolute Gasteiger partial charge is 0.315 e. The predicted molar refractivity (Wildman–Crippen MR) is 88.1 cm³/mol. The lowest BCUT2D eigenvalue weighted by Gasteiger charge is -2.48. The molecule has 0 aromatic carbocycles. The van der Waals surface area contributed by atoms with Crippen LogP contribution in [0, 0.1) is 11.3 Å². The number of nitrogens with zero attached hydrogens (tertiary/aromatic N) is 1. The molecule has 1 aliphatic carbocycles. The van der Waals surface area contributed by atoms with Crippen molar-refractivity contribution in [3.63, 3.8) is 0 Å². The standard InChI is InChI=1S/C18H36N2/c1-5-15-8-9-16(19-4)17(14-15)20-12-10-18(6-2,7-3)11-13-20/h15-17,19H,5-14H2,1-4H3. The number of hydrogen-bond donors (Lipinski definition) is 1. The molecule has 2 aliphatic rings. The van der Waals surface area contributed by atoms with Gasteiger partial charge in [-0.1, -0.05) is 40.0 Å². The summed E-state index contributed by atoms with van der Waals surface area (Å²) < 4.78 is 0. The zero-order valence-corrected chi connectivity index (χ0v) is 14.3. The lowest BCUT2D eigenvalue weighted by atomic mass is 9.72. The van der Waals surface area contributed by atoms with E-state index >= 15 is 0 Å². The van der Waals surface area contributed by atoms with Gasteiger partial charge in [-0.15, -0.1) is 0 Å². The Morgan fingerprint density at radius 2 is 1.70 bits per heavy atom. The molecule has 1 heterocycles. The summed E-state index contributed by atoms with van der Waals surface area (Å²) in [6.07, 6.45) is 11.2.